The van der Waals surface area contributed by atoms with E-state index in [0.29, 0.717) is 19.5 Å². The second-order valence-electron chi connectivity index (χ2n) is 3.33. The van der Waals surface area contributed by atoms with E-state index in [-0.39, 0.29) is 12.4 Å². The molecule has 1 saturated heterocycles. The Balaban J connectivity index is 0.00000169. The number of hydrogen-bond donors (Lipinski definition) is 2. The highest BCUT2D eigenvalue weighted by Crippen LogP contribution is 2.18. The molecule has 0 aromatic heterocycles. The third-order valence-corrected chi connectivity index (χ3v) is 2.47. The standard InChI is InChI=1S/C8H13NO4.ClH/c1-5(7(10)11)9-3-2-6(4-9)8(12)13;/h5-6H,2-4H2,1H3,(H,10,11)(H,12,13);1H. The van der Waals surface area contributed by atoms with E-state index in [2.05, 4.69) is 0 Å². The van der Waals surface area contributed by atoms with Crippen molar-refractivity contribution in [1.29, 1.82) is 0 Å². The van der Waals surface area contributed by atoms with Gasteiger partial charge in [0.15, 0.2) is 0 Å². The lowest BCUT2D eigenvalue weighted by atomic mass is 10.1. The van der Waals surface area contributed by atoms with E-state index in [1.807, 2.05) is 0 Å². The molecular weight excluding hydrogens is 210 g/mol. The first-order chi connectivity index (χ1) is 6.02. The molecule has 0 spiro atoms. The Bertz CT molecular complexity index is 233. The van der Waals surface area contributed by atoms with Crippen molar-refractivity contribution in [2.45, 2.75) is 19.4 Å². The van der Waals surface area contributed by atoms with Crippen LogP contribution in [0.1, 0.15) is 13.3 Å². The summed E-state index contributed by atoms with van der Waals surface area (Å²) in [5.74, 6) is -2.13. The van der Waals surface area contributed by atoms with Crippen LogP contribution in [-0.4, -0.2) is 46.2 Å². The van der Waals surface area contributed by atoms with Gasteiger partial charge in [0, 0.05) is 6.54 Å². The second-order valence-corrected chi connectivity index (χ2v) is 3.33. The molecule has 2 N–H and O–H groups in total. The molecule has 1 fully saturated rings. The van der Waals surface area contributed by atoms with Crippen molar-refractivity contribution in [2.75, 3.05) is 13.1 Å². The molecule has 2 atom stereocenters. The molecule has 1 aliphatic rings. The molecule has 14 heavy (non-hydrogen) atoms. The number of carbonyl (C=O) groups is 2. The summed E-state index contributed by atoms with van der Waals surface area (Å²) in [5, 5.41) is 17.4. The molecule has 0 aromatic rings. The molecule has 6 heteroatoms. The number of carboxylic acid groups (broad SMARTS) is 2. The average molecular weight is 224 g/mol. The topological polar surface area (TPSA) is 77.8 Å². The van der Waals surface area contributed by atoms with Crippen molar-refractivity contribution in [3.8, 4) is 0 Å². The fourth-order valence-corrected chi connectivity index (χ4v) is 1.50. The number of hydrogen-bond acceptors (Lipinski definition) is 3. The van der Waals surface area contributed by atoms with E-state index in [9.17, 15) is 9.59 Å². The molecule has 1 aliphatic heterocycles. The van der Waals surface area contributed by atoms with Crippen molar-refractivity contribution in [3.63, 3.8) is 0 Å². The molecule has 0 radical (unpaired) electrons. The molecule has 82 valence electrons. The van der Waals surface area contributed by atoms with E-state index < -0.39 is 23.9 Å². The SMILES string of the molecule is CC(C(=O)O)N1CCC(C(=O)O)C1.Cl. The van der Waals surface area contributed by atoms with Crippen LogP contribution in [0.15, 0.2) is 0 Å². The minimum absolute atomic E-state index is 0. The Morgan fingerprint density at radius 1 is 1.43 bits per heavy atom. The highest BCUT2D eigenvalue weighted by molar-refractivity contribution is 5.85. The van der Waals surface area contributed by atoms with Crippen molar-refractivity contribution in [3.05, 3.63) is 0 Å². The summed E-state index contributed by atoms with van der Waals surface area (Å²) in [6, 6.07) is -0.579. The maximum Gasteiger partial charge on any atom is 0.320 e. The van der Waals surface area contributed by atoms with Crippen LogP contribution >= 0.6 is 12.4 Å². The van der Waals surface area contributed by atoms with E-state index in [0.717, 1.165) is 0 Å². The summed E-state index contributed by atoms with van der Waals surface area (Å²) >= 11 is 0. The van der Waals surface area contributed by atoms with E-state index in [4.69, 9.17) is 10.2 Å². The zero-order valence-electron chi connectivity index (χ0n) is 7.84. The van der Waals surface area contributed by atoms with Crippen LogP contribution in [-0.2, 0) is 9.59 Å². The number of carboxylic acids is 2. The van der Waals surface area contributed by atoms with Gasteiger partial charge in [-0.3, -0.25) is 14.5 Å². The molecule has 0 bridgehead atoms. The Kier molecular flexibility index (Phi) is 4.87. The largest absolute Gasteiger partial charge is 0.481 e. The summed E-state index contributed by atoms with van der Waals surface area (Å²) in [7, 11) is 0. The van der Waals surface area contributed by atoms with Crippen LogP contribution in [0.2, 0.25) is 0 Å². The van der Waals surface area contributed by atoms with E-state index in [1.165, 1.54) is 0 Å². The van der Waals surface area contributed by atoms with Gasteiger partial charge in [0.2, 0.25) is 0 Å². The lowest BCUT2D eigenvalue weighted by molar-refractivity contribution is -0.144. The van der Waals surface area contributed by atoms with Gasteiger partial charge in [0.1, 0.15) is 6.04 Å². The molecule has 0 saturated carbocycles. The molecule has 2 unspecified atom stereocenters. The Labute approximate surface area is 88.1 Å². The molecular formula is C8H14ClNO4. The Morgan fingerprint density at radius 2 is 2.00 bits per heavy atom. The van der Waals surface area contributed by atoms with Gasteiger partial charge in [0.25, 0.3) is 0 Å². The van der Waals surface area contributed by atoms with Crippen LogP contribution in [0.4, 0.5) is 0 Å². The number of likely N-dealkylation sites (tertiary alicyclic amines) is 1. The van der Waals surface area contributed by atoms with Gasteiger partial charge in [-0.25, -0.2) is 0 Å². The normalized spacial score (nSPS) is 23.9. The molecule has 1 heterocycles. The van der Waals surface area contributed by atoms with Crippen molar-refractivity contribution < 1.29 is 19.8 Å². The summed E-state index contributed by atoms with van der Waals surface area (Å²) < 4.78 is 0. The van der Waals surface area contributed by atoms with Gasteiger partial charge < -0.3 is 10.2 Å². The fraction of sp³-hybridized carbons (Fsp3) is 0.750. The van der Waals surface area contributed by atoms with E-state index in [1.54, 1.807) is 11.8 Å². The van der Waals surface area contributed by atoms with Crippen LogP contribution in [0, 0.1) is 5.92 Å². The van der Waals surface area contributed by atoms with Crippen molar-refractivity contribution >= 4 is 24.3 Å². The van der Waals surface area contributed by atoms with Gasteiger partial charge in [-0.05, 0) is 19.9 Å². The number of aliphatic carboxylic acids is 2. The lowest BCUT2D eigenvalue weighted by Crippen LogP contribution is -2.37. The molecule has 0 amide bonds. The van der Waals surface area contributed by atoms with E-state index >= 15 is 0 Å². The Hall–Kier alpha value is -0.810. The minimum Gasteiger partial charge on any atom is -0.481 e. The highest BCUT2D eigenvalue weighted by Gasteiger charge is 2.32. The first-order valence-corrected chi connectivity index (χ1v) is 4.22. The van der Waals surface area contributed by atoms with Gasteiger partial charge >= 0.3 is 11.9 Å². The quantitative estimate of drug-likeness (QED) is 0.719. The summed E-state index contributed by atoms with van der Waals surface area (Å²) in [6.45, 7) is 2.49. The summed E-state index contributed by atoms with van der Waals surface area (Å²) in [5.41, 5.74) is 0. The minimum atomic E-state index is -0.897. The maximum absolute atomic E-state index is 10.6. The monoisotopic (exact) mass is 223 g/mol. The van der Waals surface area contributed by atoms with Crippen LogP contribution < -0.4 is 0 Å². The highest BCUT2D eigenvalue weighted by atomic mass is 35.5. The van der Waals surface area contributed by atoms with Crippen LogP contribution in [0.25, 0.3) is 0 Å². The number of rotatable bonds is 3. The third kappa shape index (κ3) is 2.85. The number of nitrogens with zero attached hydrogens (tertiary/aromatic N) is 1. The zero-order chi connectivity index (χ0) is 10.0. The van der Waals surface area contributed by atoms with Gasteiger partial charge in [0.05, 0.1) is 5.92 Å². The van der Waals surface area contributed by atoms with Gasteiger partial charge in [-0.2, -0.15) is 0 Å². The third-order valence-electron chi connectivity index (χ3n) is 2.47. The first kappa shape index (κ1) is 13.2. The lowest BCUT2D eigenvalue weighted by Gasteiger charge is -2.19. The van der Waals surface area contributed by atoms with Crippen molar-refractivity contribution in [1.82, 2.24) is 4.90 Å². The van der Waals surface area contributed by atoms with Crippen LogP contribution in [0.5, 0.6) is 0 Å². The van der Waals surface area contributed by atoms with Gasteiger partial charge in [-0.1, -0.05) is 0 Å². The number of halogens is 1. The van der Waals surface area contributed by atoms with Gasteiger partial charge in [-0.15, -0.1) is 12.4 Å². The maximum atomic E-state index is 10.6. The molecule has 0 aliphatic carbocycles. The second kappa shape index (κ2) is 5.17. The zero-order valence-corrected chi connectivity index (χ0v) is 8.66. The molecule has 0 aromatic carbocycles. The Morgan fingerprint density at radius 3 is 2.36 bits per heavy atom. The van der Waals surface area contributed by atoms with Crippen molar-refractivity contribution in [2.24, 2.45) is 5.92 Å². The summed E-state index contributed by atoms with van der Waals surface area (Å²) in [6.07, 6.45) is 0.549. The van der Waals surface area contributed by atoms with Crippen LogP contribution in [0.3, 0.4) is 0 Å². The predicted octanol–water partition coefficient (Wildman–Crippen LogP) is 0.288. The molecule has 1 rings (SSSR count). The first-order valence-electron chi connectivity index (χ1n) is 4.22. The average Bonchev–Trinajstić information content (AvgIpc) is 2.50. The molecule has 5 nitrogen and oxygen atoms in total. The summed E-state index contributed by atoms with van der Waals surface area (Å²) in [4.78, 5) is 22.8. The predicted molar refractivity (Wildman–Crippen MR) is 51.7 cm³/mol. The smallest absolute Gasteiger partial charge is 0.320 e. The fourth-order valence-electron chi connectivity index (χ4n) is 1.50.